The van der Waals surface area contributed by atoms with Crippen LogP contribution in [0.4, 0.5) is 0 Å². The first-order valence-corrected chi connectivity index (χ1v) is 6.25. The third-order valence-electron chi connectivity index (χ3n) is 3.39. The molecule has 0 radical (unpaired) electrons. The maximum Gasteiger partial charge on any atom is 0.0438 e. The van der Waals surface area contributed by atoms with Crippen LogP contribution in [-0.2, 0) is 6.54 Å². The van der Waals surface area contributed by atoms with E-state index in [4.69, 9.17) is 11.6 Å². The first kappa shape index (κ1) is 11.9. The minimum atomic E-state index is 0.604. The summed E-state index contributed by atoms with van der Waals surface area (Å²) in [5.41, 5.74) is 2.57. The third-order valence-corrected chi connectivity index (χ3v) is 3.80. The van der Waals surface area contributed by atoms with Crippen LogP contribution in [0.15, 0.2) is 18.2 Å². The highest BCUT2D eigenvalue weighted by atomic mass is 35.5. The van der Waals surface area contributed by atoms with Gasteiger partial charge in [-0.1, -0.05) is 23.7 Å². The zero-order valence-corrected chi connectivity index (χ0v) is 10.7. The average molecular weight is 239 g/mol. The van der Waals surface area contributed by atoms with Crippen molar-refractivity contribution < 1.29 is 0 Å². The number of piperazine rings is 1. The highest BCUT2D eigenvalue weighted by molar-refractivity contribution is 6.31. The van der Waals surface area contributed by atoms with Gasteiger partial charge in [-0.3, -0.25) is 4.90 Å². The number of benzene rings is 1. The van der Waals surface area contributed by atoms with Gasteiger partial charge >= 0.3 is 0 Å². The van der Waals surface area contributed by atoms with Gasteiger partial charge < -0.3 is 5.32 Å². The summed E-state index contributed by atoms with van der Waals surface area (Å²) in [6.45, 7) is 8.67. The summed E-state index contributed by atoms with van der Waals surface area (Å²) in [6.07, 6.45) is 0. The molecule has 1 fully saturated rings. The molecule has 0 aromatic heterocycles. The fraction of sp³-hybridized carbons (Fsp3) is 0.538. The smallest absolute Gasteiger partial charge is 0.0438 e. The van der Waals surface area contributed by atoms with Gasteiger partial charge in [0.1, 0.15) is 0 Å². The van der Waals surface area contributed by atoms with Crippen LogP contribution in [0.3, 0.4) is 0 Å². The second kappa shape index (κ2) is 5.17. The van der Waals surface area contributed by atoms with Crippen LogP contribution in [0, 0.1) is 6.92 Å². The van der Waals surface area contributed by atoms with Crippen molar-refractivity contribution in [3.05, 3.63) is 34.3 Å². The van der Waals surface area contributed by atoms with Crippen molar-refractivity contribution in [1.29, 1.82) is 0 Å². The Morgan fingerprint density at radius 2 is 2.31 bits per heavy atom. The third kappa shape index (κ3) is 2.57. The van der Waals surface area contributed by atoms with Crippen molar-refractivity contribution in [3.63, 3.8) is 0 Å². The number of nitrogens with one attached hydrogen (secondary N) is 1. The maximum atomic E-state index is 6.14. The predicted octanol–water partition coefficient (Wildman–Crippen LogP) is 2.44. The quantitative estimate of drug-likeness (QED) is 0.852. The molecule has 1 saturated heterocycles. The van der Waals surface area contributed by atoms with E-state index >= 15 is 0 Å². The molecule has 0 spiro atoms. The predicted molar refractivity (Wildman–Crippen MR) is 68.9 cm³/mol. The van der Waals surface area contributed by atoms with Gasteiger partial charge in [0, 0.05) is 37.2 Å². The van der Waals surface area contributed by atoms with E-state index in [-0.39, 0.29) is 0 Å². The van der Waals surface area contributed by atoms with E-state index in [2.05, 4.69) is 30.1 Å². The molecule has 1 N–H and O–H groups in total. The molecular formula is C13H19ClN2. The molecule has 1 aromatic rings. The van der Waals surface area contributed by atoms with Crippen LogP contribution < -0.4 is 5.32 Å². The minimum absolute atomic E-state index is 0.604. The number of halogens is 1. The molecule has 16 heavy (non-hydrogen) atoms. The zero-order valence-electron chi connectivity index (χ0n) is 9.96. The van der Waals surface area contributed by atoms with E-state index < -0.39 is 0 Å². The number of hydrogen-bond donors (Lipinski definition) is 1. The Bertz CT molecular complexity index is 365. The lowest BCUT2D eigenvalue weighted by atomic mass is 10.1. The minimum Gasteiger partial charge on any atom is -0.314 e. The second-order valence-electron chi connectivity index (χ2n) is 4.55. The normalized spacial score (nSPS) is 22.3. The topological polar surface area (TPSA) is 15.3 Å². The lowest BCUT2D eigenvalue weighted by Gasteiger charge is -2.34. The van der Waals surface area contributed by atoms with Crippen molar-refractivity contribution in [3.8, 4) is 0 Å². The highest BCUT2D eigenvalue weighted by Crippen LogP contribution is 2.21. The number of hydrogen-bond acceptors (Lipinski definition) is 2. The lowest BCUT2D eigenvalue weighted by molar-refractivity contribution is 0.165. The number of rotatable bonds is 2. The molecule has 0 aliphatic carbocycles. The molecule has 1 aliphatic rings. The Labute approximate surface area is 103 Å². The molecule has 3 heteroatoms. The number of nitrogens with zero attached hydrogens (tertiary/aromatic N) is 1. The van der Waals surface area contributed by atoms with Gasteiger partial charge in [0.15, 0.2) is 0 Å². The monoisotopic (exact) mass is 238 g/mol. The van der Waals surface area contributed by atoms with E-state index in [1.54, 1.807) is 0 Å². The van der Waals surface area contributed by atoms with Crippen LogP contribution >= 0.6 is 11.6 Å². The molecule has 2 rings (SSSR count). The molecular weight excluding hydrogens is 220 g/mol. The van der Waals surface area contributed by atoms with Crippen molar-refractivity contribution in [1.82, 2.24) is 10.2 Å². The Morgan fingerprint density at radius 3 is 3.06 bits per heavy atom. The summed E-state index contributed by atoms with van der Waals surface area (Å²) in [7, 11) is 0. The molecule has 1 aromatic carbocycles. The summed E-state index contributed by atoms with van der Waals surface area (Å²) in [4.78, 5) is 2.51. The van der Waals surface area contributed by atoms with Gasteiger partial charge in [-0.25, -0.2) is 0 Å². The van der Waals surface area contributed by atoms with Crippen LogP contribution in [0.5, 0.6) is 0 Å². The molecule has 0 saturated carbocycles. The molecule has 0 amide bonds. The van der Waals surface area contributed by atoms with E-state index in [0.29, 0.717) is 6.04 Å². The molecule has 88 valence electrons. The summed E-state index contributed by atoms with van der Waals surface area (Å²) >= 11 is 6.14. The van der Waals surface area contributed by atoms with Crippen molar-refractivity contribution in [2.24, 2.45) is 0 Å². The Hall–Kier alpha value is -0.570. The van der Waals surface area contributed by atoms with Crippen molar-refractivity contribution in [2.75, 3.05) is 19.6 Å². The highest BCUT2D eigenvalue weighted by Gasteiger charge is 2.18. The molecule has 1 heterocycles. The SMILES string of the molecule is Cc1c(Cl)cccc1CN1CCNC[C@H]1C. The first-order chi connectivity index (χ1) is 7.68. The lowest BCUT2D eigenvalue weighted by Crippen LogP contribution is -2.49. The van der Waals surface area contributed by atoms with E-state index in [1.807, 2.05) is 12.1 Å². The first-order valence-electron chi connectivity index (χ1n) is 5.87. The summed E-state index contributed by atoms with van der Waals surface area (Å²) < 4.78 is 0. The molecule has 0 unspecified atom stereocenters. The Balaban J connectivity index is 2.10. The zero-order chi connectivity index (χ0) is 11.5. The molecule has 2 nitrogen and oxygen atoms in total. The van der Waals surface area contributed by atoms with Gasteiger partial charge in [0.25, 0.3) is 0 Å². The summed E-state index contributed by atoms with van der Waals surface area (Å²) in [5.74, 6) is 0. The molecule has 0 bridgehead atoms. The van der Waals surface area contributed by atoms with Crippen LogP contribution in [0.1, 0.15) is 18.1 Å². The Kier molecular flexibility index (Phi) is 3.85. The standard InChI is InChI=1S/C13H19ClN2/c1-10-8-15-6-7-16(10)9-12-4-3-5-13(14)11(12)2/h3-5,10,15H,6-9H2,1-2H3/t10-/m1/s1. The van der Waals surface area contributed by atoms with Gasteiger partial charge in [-0.2, -0.15) is 0 Å². The van der Waals surface area contributed by atoms with Crippen molar-refractivity contribution in [2.45, 2.75) is 26.4 Å². The van der Waals surface area contributed by atoms with Gasteiger partial charge in [0.05, 0.1) is 0 Å². The summed E-state index contributed by atoms with van der Waals surface area (Å²) in [6, 6.07) is 6.78. The fourth-order valence-electron chi connectivity index (χ4n) is 2.16. The van der Waals surface area contributed by atoms with Crippen LogP contribution in [0.25, 0.3) is 0 Å². The van der Waals surface area contributed by atoms with Crippen LogP contribution in [0.2, 0.25) is 5.02 Å². The Morgan fingerprint density at radius 1 is 1.50 bits per heavy atom. The van der Waals surface area contributed by atoms with Gasteiger partial charge in [-0.15, -0.1) is 0 Å². The van der Waals surface area contributed by atoms with Crippen molar-refractivity contribution >= 4 is 11.6 Å². The van der Waals surface area contributed by atoms with Crippen LogP contribution in [-0.4, -0.2) is 30.6 Å². The average Bonchev–Trinajstić information content (AvgIpc) is 2.28. The van der Waals surface area contributed by atoms with E-state index in [0.717, 1.165) is 31.2 Å². The molecule has 1 atom stereocenters. The van der Waals surface area contributed by atoms with E-state index in [1.165, 1.54) is 11.1 Å². The van der Waals surface area contributed by atoms with E-state index in [9.17, 15) is 0 Å². The second-order valence-corrected chi connectivity index (χ2v) is 4.95. The maximum absolute atomic E-state index is 6.14. The summed E-state index contributed by atoms with van der Waals surface area (Å²) in [5, 5.41) is 4.28. The van der Waals surface area contributed by atoms with Gasteiger partial charge in [0.2, 0.25) is 0 Å². The van der Waals surface area contributed by atoms with Gasteiger partial charge in [-0.05, 0) is 31.0 Å². The molecule has 1 aliphatic heterocycles. The largest absolute Gasteiger partial charge is 0.314 e. The fourth-order valence-corrected chi connectivity index (χ4v) is 2.35.